The van der Waals surface area contributed by atoms with Crippen molar-refractivity contribution in [3.8, 4) is 0 Å². The minimum absolute atomic E-state index is 0.152. The fraction of sp³-hybridized carbons (Fsp3) is 0.941. The van der Waals surface area contributed by atoms with Crippen LogP contribution in [0.25, 0.3) is 0 Å². The number of carbonyl (C=O) groups is 2. The van der Waals surface area contributed by atoms with Crippen molar-refractivity contribution in [1.29, 1.82) is 0 Å². The van der Waals surface area contributed by atoms with Crippen molar-refractivity contribution >= 4 is 11.9 Å². The average molecular weight is 571 g/mol. The van der Waals surface area contributed by atoms with Crippen LogP contribution in [0.5, 0.6) is 0 Å². The van der Waals surface area contributed by atoms with Gasteiger partial charge in [0.25, 0.3) is 0 Å². The molecule has 0 aliphatic rings. The maximum absolute atomic E-state index is 12.1. The van der Waals surface area contributed by atoms with E-state index in [1.54, 1.807) is 0 Å². The van der Waals surface area contributed by atoms with Gasteiger partial charge in [-0.15, -0.1) is 0 Å². The van der Waals surface area contributed by atoms with E-state index in [0.717, 1.165) is 35.1 Å². The molecule has 0 N–H and O–H groups in total. The number of likely N-dealkylation sites (N-methyl/N-ethyl adjacent to an activating group) is 2. The first-order valence-corrected chi connectivity index (χ1v) is 17.1. The highest BCUT2D eigenvalue weighted by atomic mass is 16.5. The molecule has 40 heavy (non-hydrogen) atoms. The molecule has 0 aliphatic heterocycles. The zero-order valence-electron chi connectivity index (χ0n) is 27.9. The number of hydrogen-bond acceptors (Lipinski definition) is 4. The molecule has 0 rings (SSSR count). The van der Waals surface area contributed by atoms with Gasteiger partial charge in [0.1, 0.15) is 26.3 Å². The third-order valence-corrected chi connectivity index (χ3v) is 8.17. The van der Waals surface area contributed by atoms with Crippen LogP contribution in [0, 0.1) is 0 Å². The molecule has 6 nitrogen and oxygen atoms in total. The van der Waals surface area contributed by atoms with Crippen LogP contribution in [0.2, 0.25) is 0 Å². The lowest BCUT2D eigenvalue weighted by molar-refractivity contribution is -0.890. The van der Waals surface area contributed by atoms with E-state index in [1.807, 2.05) is 0 Å². The number of hydrogen-bond donors (Lipinski definition) is 0. The molecule has 0 spiro atoms. The number of carbonyl (C=O) groups excluding carboxylic acids is 2. The lowest BCUT2D eigenvalue weighted by atomic mass is 10.1. The summed E-state index contributed by atoms with van der Waals surface area (Å²) in [6.07, 6.45) is 23.4. The fourth-order valence-electron chi connectivity index (χ4n) is 5.07. The molecule has 0 radical (unpaired) electrons. The molecule has 0 aromatic heterocycles. The monoisotopic (exact) mass is 571 g/mol. The van der Waals surface area contributed by atoms with E-state index in [0.29, 0.717) is 38.9 Å². The van der Waals surface area contributed by atoms with Crippen LogP contribution >= 0.6 is 0 Å². The molecular weight excluding hydrogens is 500 g/mol. The third-order valence-electron chi connectivity index (χ3n) is 8.17. The van der Waals surface area contributed by atoms with Gasteiger partial charge in [0.05, 0.1) is 41.3 Å². The average Bonchev–Trinajstić information content (AvgIpc) is 2.89. The first kappa shape index (κ1) is 38.9. The van der Waals surface area contributed by atoms with E-state index in [2.05, 4.69) is 42.0 Å². The molecule has 0 unspecified atom stereocenters. The van der Waals surface area contributed by atoms with Gasteiger partial charge in [-0.05, 0) is 38.5 Å². The quantitative estimate of drug-likeness (QED) is 0.0518. The third kappa shape index (κ3) is 27.1. The molecule has 0 bridgehead atoms. The molecule has 0 fully saturated rings. The summed E-state index contributed by atoms with van der Waals surface area (Å²) in [4.78, 5) is 24.2. The molecule has 0 amide bonds. The summed E-state index contributed by atoms with van der Waals surface area (Å²) >= 11 is 0. The Balaban J connectivity index is 3.71. The molecule has 238 valence electrons. The number of nitrogens with zero attached hydrogens (tertiary/aromatic N) is 2. The lowest BCUT2D eigenvalue weighted by Crippen LogP contribution is -2.43. The fourth-order valence-corrected chi connectivity index (χ4v) is 5.07. The Bertz CT molecular complexity index is 555. The molecule has 0 atom stereocenters. The number of rotatable bonds is 29. The summed E-state index contributed by atoms with van der Waals surface area (Å²) in [7, 11) is 8.88. The Hall–Kier alpha value is -1.14. The van der Waals surface area contributed by atoms with Crippen molar-refractivity contribution in [2.45, 2.75) is 142 Å². The van der Waals surface area contributed by atoms with Crippen molar-refractivity contribution < 1.29 is 28.0 Å². The van der Waals surface area contributed by atoms with Gasteiger partial charge in [-0.3, -0.25) is 9.59 Å². The van der Waals surface area contributed by atoms with Gasteiger partial charge in [-0.25, -0.2) is 0 Å². The summed E-state index contributed by atoms with van der Waals surface area (Å²) in [5.74, 6) is -0.305. The standard InChI is InChI=1S/C34H70N2O4/c1-7-9-11-13-15-17-19-23-27-35(3,4)29-31-39-33(37)25-21-22-26-34(38)40-32-30-36(5,6)28-24-20-18-16-14-12-10-8-2/h7-32H2,1-6H3/q+2. The molecule has 0 saturated carbocycles. The molecule has 6 heteroatoms. The van der Waals surface area contributed by atoms with Gasteiger partial charge >= 0.3 is 11.9 Å². The van der Waals surface area contributed by atoms with Crippen LogP contribution < -0.4 is 0 Å². The van der Waals surface area contributed by atoms with Crippen molar-refractivity contribution in [2.24, 2.45) is 0 Å². The van der Waals surface area contributed by atoms with Gasteiger partial charge in [-0.2, -0.15) is 0 Å². The summed E-state index contributed by atoms with van der Waals surface area (Å²) < 4.78 is 12.7. The highest BCUT2D eigenvalue weighted by molar-refractivity contribution is 5.70. The van der Waals surface area contributed by atoms with E-state index in [-0.39, 0.29) is 11.9 Å². The lowest BCUT2D eigenvalue weighted by Gasteiger charge is -2.29. The summed E-state index contributed by atoms with van der Waals surface area (Å²) in [5.41, 5.74) is 0. The van der Waals surface area contributed by atoms with E-state index in [9.17, 15) is 9.59 Å². The molecule has 0 aliphatic carbocycles. The molecular formula is C34H70N2O4+2. The van der Waals surface area contributed by atoms with Crippen molar-refractivity contribution in [3.05, 3.63) is 0 Å². The summed E-state index contributed by atoms with van der Waals surface area (Å²) in [6.45, 7) is 9.42. The maximum Gasteiger partial charge on any atom is 0.305 e. The van der Waals surface area contributed by atoms with Crippen molar-refractivity contribution in [1.82, 2.24) is 0 Å². The zero-order chi connectivity index (χ0) is 30.0. The SMILES string of the molecule is CCCCCCCCCC[N+](C)(C)CCOC(=O)CCCCC(=O)OCC[N+](C)(C)CCCCCCCCCC. The Morgan fingerprint density at radius 2 is 0.725 bits per heavy atom. The second-order valence-corrected chi connectivity index (χ2v) is 13.4. The molecule has 0 aromatic rings. The number of ether oxygens (including phenoxy) is 2. The topological polar surface area (TPSA) is 52.6 Å². The Morgan fingerprint density at radius 3 is 1.05 bits per heavy atom. The van der Waals surface area contributed by atoms with Gasteiger partial charge in [-0.1, -0.05) is 90.9 Å². The number of esters is 2. The highest BCUT2D eigenvalue weighted by Crippen LogP contribution is 2.12. The number of unbranched alkanes of at least 4 members (excludes halogenated alkanes) is 15. The van der Waals surface area contributed by atoms with Crippen LogP contribution in [0.15, 0.2) is 0 Å². The Kier molecular flexibility index (Phi) is 24.8. The Labute approximate surface area is 249 Å². The van der Waals surface area contributed by atoms with Gasteiger partial charge in [0.15, 0.2) is 0 Å². The normalized spacial score (nSPS) is 12.1. The Morgan fingerprint density at radius 1 is 0.425 bits per heavy atom. The van der Waals surface area contributed by atoms with Crippen LogP contribution in [-0.4, -0.2) is 88.5 Å². The molecule has 0 saturated heterocycles. The smallest absolute Gasteiger partial charge is 0.305 e. The van der Waals surface area contributed by atoms with Gasteiger partial charge in [0, 0.05) is 12.8 Å². The maximum atomic E-state index is 12.1. The first-order valence-electron chi connectivity index (χ1n) is 17.1. The summed E-state index contributed by atoms with van der Waals surface area (Å²) in [6, 6.07) is 0. The second kappa shape index (κ2) is 25.6. The van der Waals surface area contributed by atoms with Gasteiger partial charge < -0.3 is 18.4 Å². The minimum atomic E-state index is -0.152. The highest BCUT2D eigenvalue weighted by Gasteiger charge is 2.17. The predicted molar refractivity (Wildman–Crippen MR) is 169 cm³/mol. The van der Waals surface area contributed by atoms with Crippen LogP contribution in [0.1, 0.15) is 142 Å². The second-order valence-electron chi connectivity index (χ2n) is 13.4. The predicted octanol–water partition coefficient (Wildman–Crippen LogP) is 8.07. The number of quaternary nitrogens is 2. The van der Waals surface area contributed by atoms with Crippen LogP contribution in [-0.2, 0) is 19.1 Å². The van der Waals surface area contributed by atoms with Crippen molar-refractivity contribution in [2.75, 3.05) is 67.6 Å². The van der Waals surface area contributed by atoms with E-state index in [4.69, 9.17) is 9.47 Å². The zero-order valence-corrected chi connectivity index (χ0v) is 27.9. The first-order chi connectivity index (χ1) is 19.1. The van der Waals surface area contributed by atoms with E-state index in [1.165, 1.54) is 103 Å². The van der Waals surface area contributed by atoms with Crippen LogP contribution in [0.3, 0.4) is 0 Å². The largest absolute Gasteiger partial charge is 0.460 e. The molecule has 0 aromatic carbocycles. The molecule has 0 heterocycles. The van der Waals surface area contributed by atoms with Crippen molar-refractivity contribution in [3.63, 3.8) is 0 Å². The van der Waals surface area contributed by atoms with E-state index >= 15 is 0 Å². The van der Waals surface area contributed by atoms with Gasteiger partial charge in [0.2, 0.25) is 0 Å². The van der Waals surface area contributed by atoms with E-state index < -0.39 is 0 Å². The summed E-state index contributed by atoms with van der Waals surface area (Å²) in [5, 5.41) is 0. The minimum Gasteiger partial charge on any atom is -0.460 e. The van der Waals surface area contributed by atoms with Crippen LogP contribution in [0.4, 0.5) is 0 Å².